The summed E-state index contributed by atoms with van der Waals surface area (Å²) >= 11 is 0. The summed E-state index contributed by atoms with van der Waals surface area (Å²) in [5.74, 6) is -2.45. The molecule has 0 aromatic heterocycles. The second kappa shape index (κ2) is 8.27. The van der Waals surface area contributed by atoms with Gasteiger partial charge in [-0.05, 0) is 37.6 Å². The van der Waals surface area contributed by atoms with E-state index in [1.165, 1.54) is 10.4 Å². The van der Waals surface area contributed by atoms with Crippen LogP contribution in [0, 0.1) is 18.6 Å². The van der Waals surface area contributed by atoms with E-state index in [1.807, 2.05) is 19.1 Å². The monoisotopic (exact) mass is 382 g/mol. The molecular formula is C18H20F2N2O3S. The van der Waals surface area contributed by atoms with Crippen molar-refractivity contribution in [3.05, 3.63) is 59.7 Å². The van der Waals surface area contributed by atoms with Crippen LogP contribution >= 0.6 is 0 Å². The molecule has 5 nitrogen and oxygen atoms in total. The van der Waals surface area contributed by atoms with Crippen molar-refractivity contribution in [2.24, 2.45) is 0 Å². The van der Waals surface area contributed by atoms with Crippen molar-refractivity contribution >= 4 is 27.3 Å². The number of nitrogens with zero attached hydrogens (tertiary/aromatic N) is 1. The van der Waals surface area contributed by atoms with Gasteiger partial charge in [-0.3, -0.25) is 9.10 Å². The van der Waals surface area contributed by atoms with E-state index in [2.05, 4.69) is 5.32 Å². The smallest absolute Gasteiger partial charge is 0.232 e. The van der Waals surface area contributed by atoms with Crippen molar-refractivity contribution in [3.63, 3.8) is 0 Å². The Morgan fingerprint density at radius 2 is 1.73 bits per heavy atom. The predicted octanol–water partition coefficient (Wildman–Crippen LogP) is 3.46. The Labute approximate surface area is 151 Å². The average molecular weight is 382 g/mol. The van der Waals surface area contributed by atoms with Crippen LogP contribution in [0.4, 0.5) is 20.2 Å². The second-order valence-corrected chi connectivity index (χ2v) is 7.86. The third-order valence-electron chi connectivity index (χ3n) is 3.69. The van der Waals surface area contributed by atoms with Crippen molar-refractivity contribution in [1.82, 2.24) is 0 Å². The lowest BCUT2D eigenvalue weighted by Gasteiger charge is -2.22. The van der Waals surface area contributed by atoms with Crippen LogP contribution in [0.5, 0.6) is 0 Å². The van der Waals surface area contributed by atoms with Gasteiger partial charge in [-0.1, -0.05) is 17.7 Å². The molecular weight excluding hydrogens is 362 g/mol. The molecule has 0 saturated carbocycles. The molecule has 140 valence electrons. The maximum Gasteiger partial charge on any atom is 0.232 e. The molecule has 0 aliphatic rings. The zero-order valence-electron chi connectivity index (χ0n) is 14.5. The molecule has 0 fully saturated rings. The molecule has 1 amide bonds. The van der Waals surface area contributed by atoms with Gasteiger partial charge in [0.05, 0.1) is 11.9 Å². The van der Waals surface area contributed by atoms with Gasteiger partial charge in [-0.2, -0.15) is 0 Å². The highest BCUT2D eigenvalue weighted by Crippen LogP contribution is 2.19. The number of rotatable bonds is 7. The molecule has 0 aliphatic carbocycles. The summed E-state index contributed by atoms with van der Waals surface area (Å²) in [4.78, 5) is 11.9. The Kier molecular flexibility index (Phi) is 6.31. The summed E-state index contributed by atoms with van der Waals surface area (Å²) in [7, 11) is -3.49. The summed E-state index contributed by atoms with van der Waals surface area (Å²) in [5, 5.41) is 2.46. The minimum Gasteiger partial charge on any atom is -0.326 e. The van der Waals surface area contributed by atoms with Gasteiger partial charge in [0, 0.05) is 24.7 Å². The van der Waals surface area contributed by atoms with E-state index in [4.69, 9.17) is 0 Å². The summed E-state index contributed by atoms with van der Waals surface area (Å²) in [6.07, 6.45) is 1.42. The molecule has 2 aromatic rings. The molecule has 0 unspecified atom stereocenters. The third-order valence-corrected chi connectivity index (χ3v) is 4.88. The van der Waals surface area contributed by atoms with Crippen molar-refractivity contribution in [1.29, 1.82) is 0 Å². The van der Waals surface area contributed by atoms with Crippen LogP contribution in [0.15, 0.2) is 42.5 Å². The highest BCUT2D eigenvalue weighted by Gasteiger charge is 2.17. The Morgan fingerprint density at radius 3 is 2.31 bits per heavy atom. The molecule has 0 spiro atoms. The molecule has 8 heteroatoms. The number of halogens is 2. The quantitative estimate of drug-likeness (QED) is 0.798. The van der Waals surface area contributed by atoms with Crippen LogP contribution in [0.2, 0.25) is 0 Å². The van der Waals surface area contributed by atoms with Crippen LogP contribution in [0.1, 0.15) is 18.4 Å². The number of hydrogen-bond donors (Lipinski definition) is 1. The minimum absolute atomic E-state index is 0.0386. The van der Waals surface area contributed by atoms with Gasteiger partial charge < -0.3 is 5.32 Å². The van der Waals surface area contributed by atoms with E-state index in [0.717, 1.165) is 24.0 Å². The maximum absolute atomic E-state index is 13.1. The van der Waals surface area contributed by atoms with Crippen LogP contribution in [0.3, 0.4) is 0 Å². The van der Waals surface area contributed by atoms with Gasteiger partial charge in [0.15, 0.2) is 11.6 Å². The first kappa shape index (κ1) is 19.8. The molecule has 0 bridgehead atoms. The lowest BCUT2D eigenvalue weighted by atomic mass is 10.2. The molecule has 1 N–H and O–H groups in total. The first-order valence-corrected chi connectivity index (χ1v) is 9.81. The Bertz CT molecular complexity index is 884. The SMILES string of the molecule is Cc1ccc(N(CCCC(=O)Nc2ccc(F)c(F)c2)S(C)(=O)=O)cc1. The highest BCUT2D eigenvalue weighted by molar-refractivity contribution is 7.92. The van der Waals surface area contributed by atoms with Crippen LogP contribution in [0.25, 0.3) is 0 Å². The predicted molar refractivity (Wildman–Crippen MR) is 97.6 cm³/mol. The molecule has 2 aromatic carbocycles. The summed E-state index contributed by atoms with van der Waals surface area (Å²) < 4.78 is 51.2. The maximum atomic E-state index is 13.1. The van der Waals surface area contributed by atoms with Gasteiger partial charge in [0.25, 0.3) is 0 Å². The van der Waals surface area contributed by atoms with E-state index in [9.17, 15) is 22.0 Å². The second-order valence-electron chi connectivity index (χ2n) is 5.95. The topological polar surface area (TPSA) is 66.5 Å². The van der Waals surface area contributed by atoms with E-state index in [-0.39, 0.29) is 25.1 Å². The van der Waals surface area contributed by atoms with E-state index < -0.39 is 27.6 Å². The summed E-state index contributed by atoms with van der Waals surface area (Å²) in [6.45, 7) is 2.03. The molecule has 26 heavy (non-hydrogen) atoms. The Morgan fingerprint density at radius 1 is 1.08 bits per heavy atom. The van der Waals surface area contributed by atoms with Gasteiger partial charge in [-0.25, -0.2) is 17.2 Å². The number of hydrogen-bond acceptors (Lipinski definition) is 3. The largest absolute Gasteiger partial charge is 0.326 e. The number of nitrogens with one attached hydrogen (secondary N) is 1. The van der Waals surface area contributed by atoms with E-state index in [1.54, 1.807) is 12.1 Å². The van der Waals surface area contributed by atoms with Gasteiger partial charge in [-0.15, -0.1) is 0 Å². The standard InChI is InChI=1S/C18H20F2N2O3S/c1-13-5-8-15(9-6-13)22(26(2,24)25)11-3-4-18(23)21-14-7-10-16(19)17(20)12-14/h5-10,12H,3-4,11H2,1-2H3,(H,21,23). The molecule has 0 heterocycles. The molecule has 0 radical (unpaired) electrons. The zero-order valence-corrected chi connectivity index (χ0v) is 15.3. The molecule has 0 saturated heterocycles. The fourth-order valence-electron chi connectivity index (χ4n) is 2.38. The Balaban J connectivity index is 1.95. The van der Waals surface area contributed by atoms with Gasteiger partial charge in [0.1, 0.15) is 0 Å². The van der Waals surface area contributed by atoms with E-state index >= 15 is 0 Å². The minimum atomic E-state index is -3.49. The lowest BCUT2D eigenvalue weighted by molar-refractivity contribution is -0.116. The zero-order chi connectivity index (χ0) is 19.3. The van der Waals surface area contributed by atoms with Crippen molar-refractivity contribution < 1.29 is 22.0 Å². The number of benzene rings is 2. The number of carbonyl (C=O) groups excluding carboxylic acids is 1. The Hall–Kier alpha value is -2.48. The van der Waals surface area contributed by atoms with Gasteiger partial charge >= 0.3 is 0 Å². The fourth-order valence-corrected chi connectivity index (χ4v) is 3.34. The lowest BCUT2D eigenvalue weighted by Crippen LogP contribution is -2.31. The van der Waals surface area contributed by atoms with Crippen LogP contribution in [-0.2, 0) is 14.8 Å². The van der Waals surface area contributed by atoms with Crippen LogP contribution < -0.4 is 9.62 Å². The average Bonchev–Trinajstić information content (AvgIpc) is 2.55. The van der Waals surface area contributed by atoms with Crippen LogP contribution in [-0.4, -0.2) is 27.1 Å². The number of anilines is 2. The highest BCUT2D eigenvalue weighted by atomic mass is 32.2. The van der Waals surface area contributed by atoms with Crippen molar-refractivity contribution in [2.45, 2.75) is 19.8 Å². The normalized spacial score (nSPS) is 11.2. The number of aryl methyl sites for hydroxylation is 1. The summed E-state index contributed by atoms with van der Waals surface area (Å²) in [6, 6.07) is 10.1. The number of amides is 1. The number of sulfonamides is 1. The van der Waals surface area contributed by atoms with Gasteiger partial charge in [0.2, 0.25) is 15.9 Å². The van der Waals surface area contributed by atoms with E-state index in [0.29, 0.717) is 5.69 Å². The molecule has 0 atom stereocenters. The van der Waals surface area contributed by atoms with Crippen molar-refractivity contribution in [3.8, 4) is 0 Å². The van der Waals surface area contributed by atoms with Crippen molar-refractivity contribution in [2.75, 3.05) is 22.4 Å². The first-order valence-electron chi connectivity index (χ1n) is 7.96. The first-order chi connectivity index (χ1) is 12.2. The molecule has 0 aliphatic heterocycles. The molecule has 2 rings (SSSR count). The fraction of sp³-hybridized carbons (Fsp3) is 0.278. The summed E-state index contributed by atoms with van der Waals surface area (Å²) in [5.41, 5.74) is 1.68. The number of carbonyl (C=O) groups is 1. The third kappa shape index (κ3) is 5.52.